The highest BCUT2D eigenvalue weighted by molar-refractivity contribution is 4.75. The van der Waals surface area contributed by atoms with Crippen LogP contribution < -0.4 is 5.73 Å². The van der Waals surface area contributed by atoms with Crippen molar-refractivity contribution >= 4 is 0 Å². The van der Waals surface area contributed by atoms with E-state index in [2.05, 4.69) is 23.6 Å². The van der Waals surface area contributed by atoms with Gasteiger partial charge in [-0.2, -0.15) is 0 Å². The van der Waals surface area contributed by atoms with Gasteiger partial charge in [0.1, 0.15) is 0 Å². The van der Waals surface area contributed by atoms with Crippen LogP contribution in [0, 0.1) is 0 Å². The molecule has 1 aliphatic rings. The van der Waals surface area contributed by atoms with Crippen molar-refractivity contribution in [2.75, 3.05) is 39.3 Å². The van der Waals surface area contributed by atoms with E-state index in [-0.39, 0.29) is 0 Å². The van der Waals surface area contributed by atoms with Gasteiger partial charge in [-0.25, -0.2) is 0 Å². The summed E-state index contributed by atoms with van der Waals surface area (Å²) in [5.41, 5.74) is 5.55. The Bertz CT molecular complexity index is 180. The predicted octanol–water partition coefficient (Wildman–Crippen LogP) is 1.92. The summed E-state index contributed by atoms with van der Waals surface area (Å²) in [5.74, 6) is 0. The molecule has 3 nitrogen and oxygen atoms in total. The Morgan fingerprint density at radius 3 is 2.41 bits per heavy atom. The van der Waals surface area contributed by atoms with Crippen LogP contribution in [0.4, 0.5) is 0 Å². The lowest BCUT2D eigenvalue weighted by Gasteiger charge is -2.29. The van der Waals surface area contributed by atoms with Gasteiger partial charge < -0.3 is 10.6 Å². The molecule has 102 valence electrons. The molecule has 1 saturated heterocycles. The quantitative estimate of drug-likeness (QED) is 0.691. The molecule has 0 amide bonds. The molecule has 17 heavy (non-hydrogen) atoms. The highest BCUT2D eigenvalue weighted by atomic mass is 15.2. The fraction of sp³-hybridized carbons (Fsp3) is 1.00. The first kappa shape index (κ1) is 14.9. The maximum atomic E-state index is 5.55. The molecule has 1 aliphatic heterocycles. The number of unbranched alkanes of at least 4 members (excludes halogenated alkanes) is 1. The molecule has 1 rings (SSSR count). The Balaban J connectivity index is 2.28. The minimum Gasteiger partial charge on any atom is -0.330 e. The van der Waals surface area contributed by atoms with Crippen LogP contribution in [0.3, 0.4) is 0 Å². The first-order valence-electron chi connectivity index (χ1n) is 7.48. The molecule has 0 spiro atoms. The second-order valence-electron chi connectivity index (χ2n) is 5.20. The van der Waals surface area contributed by atoms with Crippen molar-refractivity contribution in [2.45, 2.75) is 52.0 Å². The largest absolute Gasteiger partial charge is 0.330 e. The summed E-state index contributed by atoms with van der Waals surface area (Å²) in [4.78, 5) is 5.32. The van der Waals surface area contributed by atoms with Gasteiger partial charge in [-0.05, 0) is 58.3 Å². The maximum absolute atomic E-state index is 5.55. The van der Waals surface area contributed by atoms with E-state index in [1.54, 1.807) is 0 Å². The second kappa shape index (κ2) is 8.90. The highest BCUT2D eigenvalue weighted by Crippen LogP contribution is 2.12. The van der Waals surface area contributed by atoms with E-state index in [1.165, 1.54) is 64.8 Å². The van der Waals surface area contributed by atoms with Gasteiger partial charge in [0.05, 0.1) is 0 Å². The Morgan fingerprint density at radius 2 is 1.76 bits per heavy atom. The molecule has 0 aromatic rings. The van der Waals surface area contributed by atoms with Crippen molar-refractivity contribution in [3.05, 3.63) is 0 Å². The van der Waals surface area contributed by atoms with Crippen LogP contribution in [0.5, 0.6) is 0 Å². The topological polar surface area (TPSA) is 32.5 Å². The molecule has 0 bridgehead atoms. The Kier molecular flexibility index (Phi) is 7.82. The first-order valence-corrected chi connectivity index (χ1v) is 7.48. The number of hydrogen-bond donors (Lipinski definition) is 1. The lowest BCUT2D eigenvalue weighted by molar-refractivity contribution is 0.187. The molecule has 0 atom stereocenters. The van der Waals surface area contributed by atoms with Crippen LogP contribution in [0.25, 0.3) is 0 Å². The lowest BCUT2D eigenvalue weighted by Crippen LogP contribution is -2.37. The van der Waals surface area contributed by atoms with Gasteiger partial charge in [0, 0.05) is 19.1 Å². The van der Waals surface area contributed by atoms with E-state index in [0.29, 0.717) is 0 Å². The molecule has 1 fully saturated rings. The van der Waals surface area contributed by atoms with Crippen LogP contribution in [0.2, 0.25) is 0 Å². The van der Waals surface area contributed by atoms with Gasteiger partial charge in [0.15, 0.2) is 0 Å². The molecule has 1 heterocycles. The van der Waals surface area contributed by atoms with Gasteiger partial charge >= 0.3 is 0 Å². The third-order valence-electron chi connectivity index (χ3n) is 4.01. The van der Waals surface area contributed by atoms with Crippen molar-refractivity contribution in [3.8, 4) is 0 Å². The average molecular weight is 241 g/mol. The van der Waals surface area contributed by atoms with E-state index in [4.69, 9.17) is 5.73 Å². The summed E-state index contributed by atoms with van der Waals surface area (Å²) in [7, 11) is 0. The van der Waals surface area contributed by atoms with E-state index in [1.807, 2.05) is 0 Å². The van der Waals surface area contributed by atoms with Gasteiger partial charge in [-0.1, -0.05) is 13.8 Å². The highest BCUT2D eigenvalue weighted by Gasteiger charge is 2.19. The molecule has 0 aromatic heterocycles. The lowest BCUT2D eigenvalue weighted by atomic mass is 10.1. The van der Waals surface area contributed by atoms with Crippen LogP contribution in [0.1, 0.15) is 46.0 Å². The standard InChI is InChI=1S/C14H31N3/c1-3-14(4-2)17-11-7-10-16(12-13-17)9-6-5-8-15/h14H,3-13,15H2,1-2H3. The Labute approximate surface area is 107 Å². The molecule has 0 unspecified atom stereocenters. The summed E-state index contributed by atoms with van der Waals surface area (Å²) < 4.78 is 0. The third-order valence-corrected chi connectivity index (χ3v) is 4.01. The van der Waals surface area contributed by atoms with Crippen LogP contribution in [-0.4, -0.2) is 55.1 Å². The number of hydrogen-bond acceptors (Lipinski definition) is 3. The zero-order valence-corrected chi connectivity index (χ0v) is 11.8. The monoisotopic (exact) mass is 241 g/mol. The molecule has 0 radical (unpaired) electrons. The Hall–Kier alpha value is -0.120. The maximum Gasteiger partial charge on any atom is 0.0112 e. The minimum absolute atomic E-state index is 0.805. The van der Waals surface area contributed by atoms with E-state index >= 15 is 0 Å². The van der Waals surface area contributed by atoms with Crippen LogP contribution in [0.15, 0.2) is 0 Å². The predicted molar refractivity (Wildman–Crippen MR) is 75.3 cm³/mol. The first-order chi connectivity index (χ1) is 8.31. The van der Waals surface area contributed by atoms with Crippen LogP contribution >= 0.6 is 0 Å². The summed E-state index contributed by atoms with van der Waals surface area (Å²) in [6.45, 7) is 11.8. The van der Waals surface area contributed by atoms with Crippen LogP contribution in [-0.2, 0) is 0 Å². The van der Waals surface area contributed by atoms with Gasteiger partial charge in [0.25, 0.3) is 0 Å². The van der Waals surface area contributed by atoms with E-state index in [0.717, 1.165) is 12.6 Å². The summed E-state index contributed by atoms with van der Waals surface area (Å²) in [6, 6.07) is 0.805. The molecular formula is C14H31N3. The zero-order valence-electron chi connectivity index (χ0n) is 11.8. The fourth-order valence-corrected chi connectivity index (χ4v) is 2.86. The van der Waals surface area contributed by atoms with Gasteiger partial charge in [-0.15, -0.1) is 0 Å². The van der Waals surface area contributed by atoms with Gasteiger partial charge in [0.2, 0.25) is 0 Å². The van der Waals surface area contributed by atoms with Crippen molar-refractivity contribution in [3.63, 3.8) is 0 Å². The Morgan fingerprint density at radius 1 is 1.00 bits per heavy atom. The SMILES string of the molecule is CCC(CC)N1CCCN(CCCCN)CC1. The minimum atomic E-state index is 0.805. The molecular weight excluding hydrogens is 210 g/mol. The second-order valence-corrected chi connectivity index (χ2v) is 5.20. The van der Waals surface area contributed by atoms with Crippen molar-refractivity contribution in [2.24, 2.45) is 5.73 Å². The molecule has 0 aromatic carbocycles. The normalized spacial score (nSPS) is 19.8. The van der Waals surface area contributed by atoms with Crippen molar-refractivity contribution < 1.29 is 0 Å². The van der Waals surface area contributed by atoms with Gasteiger partial charge in [-0.3, -0.25) is 4.90 Å². The molecule has 2 N–H and O–H groups in total. The zero-order chi connectivity index (χ0) is 12.5. The molecule has 3 heteroatoms. The van der Waals surface area contributed by atoms with Crippen molar-refractivity contribution in [1.82, 2.24) is 9.80 Å². The smallest absolute Gasteiger partial charge is 0.0112 e. The summed E-state index contributed by atoms with van der Waals surface area (Å²) >= 11 is 0. The molecule has 0 aliphatic carbocycles. The number of nitrogens with two attached hydrogens (primary N) is 1. The molecule has 0 saturated carbocycles. The fourth-order valence-electron chi connectivity index (χ4n) is 2.86. The summed E-state index contributed by atoms with van der Waals surface area (Å²) in [6.07, 6.45) is 6.36. The van der Waals surface area contributed by atoms with Crippen molar-refractivity contribution in [1.29, 1.82) is 0 Å². The summed E-state index contributed by atoms with van der Waals surface area (Å²) in [5, 5.41) is 0. The number of rotatable bonds is 7. The van der Waals surface area contributed by atoms with E-state index in [9.17, 15) is 0 Å². The number of nitrogens with zero attached hydrogens (tertiary/aromatic N) is 2. The third kappa shape index (κ3) is 5.36. The average Bonchev–Trinajstić information content (AvgIpc) is 2.57. The van der Waals surface area contributed by atoms with E-state index < -0.39 is 0 Å².